The standard InChI is InChI=1S/C25H29N3O3S/c1-17(11-12-18-7-3-2-4-8-18)26-23(29)19-13-15-28(16-14-19)25(31)22-24(30)27-20-9-5-6-10-21(20)32-22/h2-10,17,19,22H,11-16H2,1H3,(H,26,29)(H,27,30)/t17-,22+/m0/s1. The van der Waals surface area contributed by atoms with Gasteiger partial charge in [0.05, 0.1) is 5.69 Å². The quantitative estimate of drug-likeness (QED) is 0.659. The lowest BCUT2D eigenvalue weighted by atomic mass is 9.95. The highest BCUT2D eigenvalue weighted by molar-refractivity contribution is 8.01. The minimum absolute atomic E-state index is 0.0661. The molecule has 0 unspecified atom stereocenters. The Kier molecular flexibility index (Phi) is 7.15. The number of anilines is 1. The minimum Gasteiger partial charge on any atom is -0.353 e. The number of hydrogen-bond donors (Lipinski definition) is 2. The number of carbonyl (C=O) groups excluding carboxylic acids is 3. The second kappa shape index (κ2) is 10.2. The molecule has 1 fully saturated rings. The van der Waals surface area contributed by atoms with Crippen LogP contribution < -0.4 is 10.6 Å². The van der Waals surface area contributed by atoms with Gasteiger partial charge >= 0.3 is 0 Å². The number of likely N-dealkylation sites (tertiary alicyclic amines) is 1. The Morgan fingerprint density at radius 3 is 2.53 bits per heavy atom. The van der Waals surface area contributed by atoms with Crippen molar-refractivity contribution < 1.29 is 14.4 Å². The number of nitrogens with zero attached hydrogens (tertiary/aromatic N) is 1. The minimum atomic E-state index is -0.770. The van der Waals surface area contributed by atoms with Crippen molar-refractivity contribution in [2.24, 2.45) is 5.92 Å². The van der Waals surface area contributed by atoms with Gasteiger partial charge in [0.25, 0.3) is 0 Å². The summed E-state index contributed by atoms with van der Waals surface area (Å²) in [5.41, 5.74) is 2.02. The summed E-state index contributed by atoms with van der Waals surface area (Å²) in [6.07, 6.45) is 3.07. The van der Waals surface area contributed by atoms with E-state index in [2.05, 4.69) is 22.8 Å². The Labute approximate surface area is 193 Å². The van der Waals surface area contributed by atoms with E-state index in [1.807, 2.05) is 49.4 Å². The largest absolute Gasteiger partial charge is 0.353 e. The number of fused-ring (bicyclic) bond motifs is 1. The molecular weight excluding hydrogens is 422 g/mol. The van der Waals surface area contributed by atoms with E-state index in [4.69, 9.17) is 0 Å². The van der Waals surface area contributed by atoms with E-state index in [0.717, 1.165) is 23.4 Å². The third kappa shape index (κ3) is 5.33. The highest BCUT2D eigenvalue weighted by Crippen LogP contribution is 2.36. The molecular formula is C25H29N3O3S. The van der Waals surface area contributed by atoms with Crippen LogP contribution in [0.3, 0.4) is 0 Å². The average molecular weight is 452 g/mol. The molecule has 0 saturated carbocycles. The molecule has 0 aliphatic carbocycles. The zero-order chi connectivity index (χ0) is 22.5. The zero-order valence-electron chi connectivity index (χ0n) is 18.3. The normalized spacial score (nSPS) is 19.6. The van der Waals surface area contributed by atoms with Crippen LogP contribution in [0.1, 0.15) is 31.7 Å². The zero-order valence-corrected chi connectivity index (χ0v) is 19.1. The van der Waals surface area contributed by atoms with Gasteiger partial charge in [0, 0.05) is 29.9 Å². The van der Waals surface area contributed by atoms with E-state index in [0.29, 0.717) is 25.9 Å². The van der Waals surface area contributed by atoms with Gasteiger partial charge in [-0.15, -0.1) is 11.8 Å². The molecule has 6 nitrogen and oxygen atoms in total. The molecule has 32 heavy (non-hydrogen) atoms. The van der Waals surface area contributed by atoms with Gasteiger partial charge in [-0.25, -0.2) is 0 Å². The second-order valence-corrected chi connectivity index (χ2v) is 9.66. The third-order valence-electron chi connectivity index (χ3n) is 6.13. The number of piperidine rings is 1. The van der Waals surface area contributed by atoms with Gasteiger partial charge in [0.2, 0.25) is 17.7 Å². The van der Waals surface area contributed by atoms with E-state index in [-0.39, 0.29) is 29.7 Å². The number of hydrogen-bond acceptors (Lipinski definition) is 4. The third-order valence-corrected chi connectivity index (χ3v) is 7.39. The molecule has 0 spiro atoms. The molecule has 0 aromatic heterocycles. The van der Waals surface area contributed by atoms with Crippen molar-refractivity contribution in [3.63, 3.8) is 0 Å². The van der Waals surface area contributed by atoms with Crippen LogP contribution in [0.4, 0.5) is 5.69 Å². The number of aryl methyl sites for hydroxylation is 1. The molecule has 2 aromatic carbocycles. The molecule has 4 rings (SSSR count). The lowest BCUT2D eigenvalue weighted by Crippen LogP contribution is -2.49. The van der Waals surface area contributed by atoms with E-state index in [1.54, 1.807) is 4.90 Å². The fraction of sp³-hybridized carbons (Fsp3) is 0.400. The maximum absolute atomic E-state index is 13.0. The predicted octanol–water partition coefficient (Wildman–Crippen LogP) is 3.48. The van der Waals surface area contributed by atoms with Crippen molar-refractivity contribution in [3.8, 4) is 0 Å². The van der Waals surface area contributed by atoms with Gasteiger partial charge in [-0.05, 0) is 50.3 Å². The molecule has 2 aliphatic heterocycles. The van der Waals surface area contributed by atoms with Crippen LogP contribution in [0.5, 0.6) is 0 Å². The van der Waals surface area contributed by atoms with Crippen molar-refractivity contribution >= 4 is 35.2 Å². The lowest BCUT2D eigenvalue weighted by molar-refractivity contribution is -0.137. The molecule has 7 heteroatoms. The first-order valence-electron chi connectivity index (χ1n) is 11.2. The van der Waals surface area contributed by atoms with Crippen LogP contribution in [0.15, 0.2) is 59.5 Å². The van der Waals surface area contributed by atoms with E-state index in [1.165, 1.54) is 17.3 Å². The Bertz CT molecular complexity index is 973. The fourth-order valence-corrected chi connectivity index (χ4v) is 5.28. The first-order valence-corrected chi connectivity index (χ1v) is 12.1. The summed E-state index contributed by atoms with van der Waals surface area (Å²) in [6.45, 7) is 3.04. The van der Waals surface area contributed by atoms with E-state index in [9.17, 15) is 14.4 Å². The smallest absolute Gasteiger partial charge is 0.247 e. The number of amides is 3. The molecule has 168 valence electrons. The molecule has 2 atom stereocenters. The Balaban J connectivity index is 1.24. The molecule has 0 bridgehead atoms. The van der Waals surface area contributed by atoms with E-state index >= 15 is 0 Å². The molecule has 0 radical (unpaired) electrons. The first kappa shape index (κ1) is 22.4. The summed E-state index contributed by atoms with van der Waals surface area (Å²) < 4.78 is 0. The monoisotopic (exact) mass is 451 g/mol. The molecule has 2 N–H and O–H groups in total. The van der Waals surface area contributed by atoms with Crippen molar-refractivity contribution in [2.75, 3.05) is 18.4 Å². The van der Waals surface area contributed by atoms with Crippen LogP contribution >= 0.6 is 11.8 Å². The molecule has 2 aliphatic rings. The molecule has 2 aromatic rings. The fourth-order valence-electron chi connectivity index (χ4n) is 4.20. The number of carbonyl (C=O) groups is 3. The maximum Gasteiger partial charge on any atom is 0.247 e. The van der Waals surface area contributed by atoms with E-state index < -0.39 is 5.25 Å². The molecule has 1 saturated heterocycles. The van der Waals surface area contributed by atoms with Crippen molar-refractivity contribution in [2.45, 2.75) is 48.8 Å². The SMILES string of the molecule is C[C@@H](CCc1ccccc1)NC(=O)C1CCN(C(=O)[C@@H]2Sc3ccccc3NC2=O)CC1. The van der Waals surface area contributed by atoms with Crippen LogP contribution in [-0.4, -0.2) is 47.0 Å². The second-order valence-electron chi connectivity index (χ2n) is 8.52. The highest BCUT2D eigenvalue weighted by Gasteiger charge is 2.37. The Morgan fingerprint density at radius 1 is 1.09 bits per heavy atom. The highest BCUT2D eigenvalue weighted by atomic mass is 32.2. The Morgan fingerprint density at radius 2 is 1.78 bits per heavy atom. The Hall–Kier alpha value is -2.80. The number of thioether (sulfide) groups is 1. The summed E-state index contributed by atoms with van der Waals surface area (Å²) in [5.74, 6) is -0.467. The predicted molar refractivity (Wildman–Crippen MR) is 126 cm³/mol. The van der Waals surface area contributed by atoms with Gasteiger partial charge in [-0.1, -0.05) is 42.5 Å². The number of rotatable bonds is 6. The van der Waals surface area contributed by atoms with Gasteiger partial charge in [-0.2, -0.15) is 0 Å². The van der Waals surface area contributed by atoms with Crippen molar-refractivity contribution in [1.82, 2.24) is 10.2 Å². The van der Waals surface area contributed by atoms with Crippen molar-refractivity contribution in [1.29, 1.82) is 0 Å². The first-order chi connectivity index (χ1) is 15.5. The van der Waals surface area contributed by atoms with Crippen molar-refractivity contribution in [3.05, 3.63) is 60.2 Å². The van der Waals surface area contributed by atoms with Crippen LogP contribution in [0.2, 0.25) is 0 Å². The van der Waals surface area contributed by atoms with Gasteiger partial charge < -0.3 is 15.5 Å². The van der Waals surface area contributed by atoms with Crippen LogP contribution in [-0.2, 0) is 20.8 Å². The summed E-state index contributed by atoms with van der Waals surface area (Å²) >= 11 is 1.30. The van der Waals surface area contributed by atoms with Crippen LogP contribution in [0, 0.1) is 5.92 Å². The van der Waals surface area contributed by atoms with Gasteiger partial charge in [0.15, 0.2) is 5.25 Å². The summed E-state index contributed by atoms with van der Waals surface area (Å²) in [5, 5.41) is 5.20. The number of benzene rings is 2. The lowest BCUT2D eigenvalue weighted by Gasteiger charge is -2.34. The topological polar surface area (TPSA) is 78.5 Å². The molecule has 2 heterocycles. The van der Waals surface area contributed by atoms with Gasteiger partial charge in [-0.3, -0.25) is 14.4 Å². The average Bonchev–Trinajstić information content (AvgIpc) is 2.82. The van der Waals surface area contributed by atoms with Gasteiger partial charge in [0.1, 0.15) is 0 Å². The number of nitrogens with one attached hydrogen (secondary N) is 2. The summed E-state index contributed by atoms with van der Waals surface area (Å²) in [6, 6.07) is 17.9. The van der Waals surface area contributed by atoms with Crippen LogP contribution in [0.25, 0.3) is 0 Å². The number of para-hydroxylation sites is 1. The molecule has 3 amide bonds. The maximum atomic E-state index is 13.0. The summed E-state index contributed by atoms with van der Waals surface area (Å²) in [4.78, 5) is 40.8. The summed E-state index contributed by atoms with van der Waals surface area (Å²) in [7, 11) is 0.